The molecule has 6 nitrogen and oxygen atoms in total. The van der Waals surface area contributed by atoms with Crippen LogP contribution in [-0.4, -0.2) is 46.4 Å². The maximum Gasteiger partial charge on any atom is 0.410 e. The Kier molecular flexibility index (Phi) is 6.29. The lowest BCUT2D eigenvalue weighted by Gasteiger charge is -2.33. The van der Waals surface area contributed by atoms with E-state index in [0.29, 0.717) is 12.5 Å². The van der Waals surface area contributed by atoms with Gasteiger partial charge in [0.2, 0.25) is 0 Å². The van der Waals surface area contributed by atoms with Crippen molar-refractivity contribution in [2.24, 2.45) is 5.92 Å². The number of likely N-dealkylation sites (tertiary alicyclic amines) is 1. The number of ether oxygens (including phenoxy) is 2. The normalized spacial score (nSPS) is 16.0. The van der Waals surface area contributed by atoms with Gasteiger partial charge in [-0.1, -0.05) is 0 Å². The Hall–Kier alpha value is -1.98. The fourth-order valence-electron chi connectivity index (χ4n) is 2.77. The zero-order valence-corrected chi connectivity index (χ0v) is 14.8. The smallest absolute Gasteiger partial charge is 0.410 e. The van der Waals surface area contributed by atoms with Crippen LogP contribution in [0.1, 0.15) is 46.5 Å². The van der Waals surface area contributed by atoms with E-state index in [1.807, 2.05) is 20.8 Å². The van der Waals surface area contributed by atoms with E-state index in [4.69, 9.17) is 9.47 Å². The van der Waals surface area contributed by atoms with E-state index in [-0.39, 0.29) is 17.7 Å². The first-order chi connectivity index (χ1) is 11.3. The van der Waals surface area contributed by atoms with Crippen molar-refractivity contribution in [2.45, 2.75) is 52.1 Å². The van der Waals surface area contributed by atoms with Gasteiger partial charge in [-0.2, -0.15) is 0 Å². The molecule has 1 aliphatic rings. The summed E-state index contributed by atoms with van der Waals surface area (Å²) in [6.45, 7) is 7.70. The lowest BCUT2D eigenvalue weighted by molar-refractivity contribution is 0.0179. The van der Waals surface area contributed by atoms with Gasteiger partial charge in [-0.3, -0.25) is 0 Å². The standard InChI is InChI=1S/C18H28N2O4/c1-18(2,3)24-17(22)20-11-8-14(9-12-20)6-5-13-23-16-15(21)7-4-10-19-16/h4,7,10,14,21H,5-6,8-9,11-13H2,1-3H3. The van der Waals surface area contributed by atoms with Crippen molar-refractivity contribution in [3.63, 3.8) is 0 Å². The Labute approximate surface area is 143 Å². The van der Waals surface area contributed by atoms with Gasteiger partial charge in [0, 0.05) is 19.3 Å². The topological polar surface area (TPSA) is 71.9 Å². The van der Waals surface area contributed by atoms with Gasteiger partial charge < -0.3 is 19.5 Å². The van der Waals surface area contributed by atoms with Gasteiger partial charge in [-0.25, -0.2) is 9.78 Å². The number of hydrogen-bond acceptors (Lipinski definition) is 5. The van der Waals surface area contributed by atoms with Crippen molar-refractivity contribution in [3.05, 3.63) is 18.3 Å². The number of rotatable bonds is 5. The molecule has 1 amide bonds. The lowest BCUT2D eigenvalue weighted by Crippen LogP contribution is -2.41. The molecule has 0 spiro atoms. The molecule has 1 aromatic heterocycles. The number of nitrogens with zero attached hydrogens (tertiary/aromatic N) is 2. The molecule has 0 atom stereocenters. The van der Waals surface area contributed by atoms with Crippen molar-refractivity contribution in [1.29, 1.82) is 0 Å². The molecule has 2 rings (SSSR count). The highest BCUT2D eigenvalue weighted by Gasteiger charge is 2.26. The Morgan fingerprint density at radius 3 is 2.71 bits per heavy atom. The highest BCUT2D eigenvalue weighted by Crippen LogP contribution is 2.25. The summed E-state index contributed by atoms with van der Waals surface area (Å²) in [5, 5.41) is 9.58. The molecule has 24 heavy (non-hydrogen) atoms. The molecular weight excluding hydrogens is 308 g/mol. The number of aromatic hydroxyl groups is 1. The van der Waals surface area contributed by atoms with Gasteiger partial charge in [-0.15, -0.1) is 0 Å². The van der Waals surface area contributed by atoms with Crippen LogP contribution in [0.4, 0.5) is 4.79 Å². The number of aromatic nitrogens is 1. The summed E-state index contributed by atoms with van der Waals surface area (Å²) in [4.78, 5) is 17.8. The molecule has 0 aliphatic carbocycles. The highest BCUT2D eigenvalue weighted by molar-refractivity contribution is 5.68. The summed E-state index contributed by atoms with van der Waals surface area (Å²) in [6.07, 6.45) is 5.34. The monoisotopic (exact) mass is 336 g/mol. The third-order valence-electron chi connectivity index (χ3n) is 4.01. The van der Waals surface area contributed by atoms with Gasteiger partial charge in [-0.05, 0) is 64.5 Å². The van der Waals surface area contributed by atoms with E-state index < -0.39 is 5.60 Å². The van der Waals surface area contributed by atoms with E-state index in [9.17, 15) is 9.90 Å². The fraction of sp³-hybridized carbons (Fsp3) is 0.667. The Bertz CT molecular complexity index is 534. The Balaban J connectivity index is 1.63. The van der Waals surface area contributed by atoms with Crippen LogP contribution in [0.15, 0.2) is 18.3 Å². The van der Waals surface area contributed by atoms with E-state index in [1.165, 1.54) is 0 Å². The van der Waals surface area contributed by atoms with Crippen LogP contribution < -0.4 is 4.74 Å². The minimum absolute atomic E-state index is 0.0724. The number of carbonyl (C=O) groups is 1. The molecule has 2 heterocycles. The van der Waals surface area contributed by atoms with Crippen LogP contribution in [-0.2, 0) is 4.74 Å². The summed E-state index contributed by atoms with van der Waals surface area (Å²) in [5.74, 6) is 0.963. The average molecular weight is 336 g/mol. The molecule has 0 radical (unpaired) electrons. The second-order valence-electron chi connectivity index (χ2n) is 7.23. The molecule has 1 aromatic rings. The van der Waals surface area contributed by atoms with Gasteiger partial charge in [0.1, 0.15) is 5.60 Å². The quantitative estimate of drug-likeness (QED) is 0.832. The number of amides is 1. The number of carbonyl (C=O) groups excluding carboxylic acids is 1. The van der Waals surface area contributed by atoms with Crippen LogP contribution in [0, 0.1) is 5.92 Å². The van der Waals surface area contributed by atoms with Crippen LogP contribution in [0.3, 0.4) is 0 Å². The maximum atomic E-state index is 12.0. The molecule has 0 aromatic carbocycles. The zero-order chi connectivity index (χ0) is 17.6. The molecule has 1 saturated heterocycles. The molecular formula is C18H28N2O4. The first-order valence-corrected chi connectivity index (χ1v) is 8.60. The molecule has 134 valence electrons. The van der Waals surface area contributed by atoms with Crippen LogP contribution in [0.2, 0.25) is 0 Å². The molecule has 0 unspecified atom stereocenters. The van der Waals surface area contributed by atoms with Crippen molar-refractivity contribution in [1.82, 2.24) is 9.88 Å². The van der Waals surface area contributed by atoms with Gasteiger partial charge in [0.25, 0.3) is 5.88 Å². The van der Waals surface area contributed by atoms with E-state index in [0.717, 1.165) is 38.8 Å². The summed E-state index contributed by atoms with van der Waals surface area (Å²) in [7, 11) is 0. The summed E-state index contributed by atoms with van der Waals surface area (Å²) in [6, 6.07) is 3.23. The summed E-state index contributed by atoms with van der Waals surface area (Å²) in [5.41, 5.74) is -0.442. The van der Waals surface area contributed by atoms with E-state index in [2.05, 4.69) is 4.98 Å². The van der Waals surface area contributed by atoms with Crippen LogP contribution >= 0.6 is 0 Å². The molecule has 1 aliphatic heterocycles. The number of hydrogen-bond donors (Lipinski definition) is 1. The molecule has 0 bridgehead atoms. The third-order valence-corrected chi connectivity index (χ3v) is 4.01. The van der Waals surface area contributed by atoms with Gasteiger partial charge >= 0.3 is 6.09 Å². The van der Waals surface area contributed by atoms with Crippen molar-refractivity contribution in [2.75, 3.05) is 19.7 Å². The zero-order valence-electron chi connectivity index (χ0n) is 14.8. The molecule has 1 N–H and O–H groups in total. The fourth-order valence-corrected chi connectivity index (χ4v) is 2.77. The molecule has 1 fully saturated rings. The van der Waals surface area contributed by atoms with Crippen molar-refractivity contribution >= 4 is 6.09 Å². The molecule has 0 saturated carbocycles. The first-order valence-electron chi connectivity index (χ1n) is 8.60. The van der Waals surface area contributed by atoms with Crippen LogP contribution in [0.25, 0.3) is 0 Å². The second-order valence-corrected chi connectivity index (χ2v) is 7.23. The average Bonchev–Trinajstić information content (AvgIpc) is 2.52. The number of piperidine rings is 1. The predicted octanol–water partition coefficient (Wildman–Crippen LogP) is 3.59. The van der Waals surface area contributed by atoms with Crippen molar-refractivity contribution < 1.29 is 19.4 Å². The first kappa shape index (κ1) is 18.4. The Morgan fingerprint density at radius 2 is 2.08 bits per heavy atom. The van der Waals surface area contributed by atoms with Gasteiger partial charge in [0.05, 0.1) is 6.61 Å². The summed E-state index contributed by atoms with van der Waals surface area (Å²) >= 11 is 0. The highest BCUT2D eigenvalue weighted by atomic mass is 16.6. The minimum atomic E-state index is -0.442. The van der Waals surface area contributed by atoms with E-state index >= 15 is 0 Å². The SMILES string of the molecule is CC(C)(C)OC(=O)N1CCC(CCCOc2ncccc2O)CC1. The lowest BCUT2D eigenvalue weighted by atomic mass is 9.92. The van der Waals surface area contributed by atoms with Gasteiger partial charge in [0.15, 0.2) is 5.75 Å². The largest absolute Gasteiger partial charge is 0.503 e. The van der Waals surface area contributed by atoms with E-state index in [1.54, 1.807) is 23.2 Å². The molecule has 6 heteroatoms. The minimum Gasteiger partial charge on any atom is -0.503 e. The summed E-state index contributed by atoms with van der Waals surface area (Å²) < 4.78 is 10.9. The second kappa shape index (κ2) is 8.22. The predicted molar refractivity (Wildman–Crippen MR) is 91.2 cm³/mol. The van der Waals surface area contributed by atoms with Crippen LogP contribution in [0.5, 0.6) is 11.6 Å². The third kappa shape index (κ3) is 5.91. The van der Waals surface area contributed by atoms with Crippen molar-refractivity contribution in [3.8, 4) is 11.6 Å². The maximum absolute atomic E-state index is 12.0. The number of pyridine rings is 1. The Morgan fingerprint density at radius 1 is 1.38 bits per heavy atom.